The van der Waals surface area contributed by atoms with Crippen molar-refractivity contribution in [2.45, 2.75) is 25.8 Å². The van der Waals surface area contributed by atoms with Crippen LogP contribution in [0.25, 0.3) is 0 Å². The average Bonchev–Trinajstić information content (AvgIpc) is 2.95. The van der Waals surface area contributed by atoms with E-state index < -0.39 is 0 Å². The summed E-state index contributed by atoms with van der Waals surface area (Å²) in [4.78, 5) is 9.61. The number of halogens is 1. The summed E-state index contributed by atoms with van der Waals surface area (Å²) in [5.74, 6) is 1.32. The largest absolute Gasteiger partial charge is 0.352 e. The molecule has 0 radical (unpaired) electrons. The molecule has 0 atom stereocenters. The van der Waals surface area contributed by atoms with E-state index in [9.17, 15) is 4.39 Å². The van der Waals surface area contributed by atoms with Crippen LogP contribution in [-0.4, -0.2) is 24.2 Å². The zero-order chi connectivity index (χ0) is 16.7. The molecule has 2 rings (SSSR count). The van der Waals surface area contributed by atoms with E-state index in [1.165, 1.54) is 6.07 Å². The monoisotopic (exact) mass is 352 g/mol. The molecule has 7 heteroatoms. The average molecular weight is 353 g/mol. The lowest BCUT2D eigenvalue weighted by atomic mass is 10.1. The first kappa shape index (κ1) is 17.7. The molecule has 0 saturated heterocycles. The van der Waals surface area contributed by atoms with Crippen molar-refractivity contribution in [2.75, 3.05) is 13.3 Å². The lowest BCUT2D eigenvalue weighted by Crippen LogP contribution is -2.36. The van der Waals surface area contributed by atoms with Gasteiger partial charge in [-0.3, -0.25) is 4.99 Å². The minimum absolute atomic E-state index is 0.194. The molecule has 0 spiro atoms. The van der Waals surface area contributed by atoms with Crippen molar-refractivity contribution in [1.29, 1.82) is 0 Å². The van der Waals surface area contributed by atoms with Crippen LogP contribution in [0.5, 0.6) is 0 Å². The first-order chi connectivity index (χ1) is 11.1. The summed E-state index contributed by atoms with van der Waals surface area (Å²) in [6.07, 6.45) is 3.89. The Hall–Kier alpha value is -1.60. The van der Waals surface area contributed by atoms with Crippen molar-refractivity contribution in [3.8, 4) is 0 Å². The van der Waals surface area contributed by atoms with Crippen molar-refractivity contribution >= 4 is 29.1 Å². The molecule has 4 nitrogen and oxygen atoms in total. The lowest BCUT2D eigenvalue weighted by Gasteiger charge is -2.13. The fourth-order valence-corrected chi connectivity index (χ4v) is 3.43. The van der Waals surface area contributed by atoms with Gasteiger partial charge >= 0.3 is 0 Å². The number of rotatable bonds is 6. The number of hydrogen-bond acceptors (Lipinski definition) is 4. The summed E-state index contributed by atoms with van der Waals surface area (Å²) in [7, 11) is 1.74. The summed E-state index contributed by atoms with van der Waals surface area (Å²) < 4.78 is 13.4. The van der Waals surface area contributed by atoms with Crippen LogP contribution in [0, 0.1) is 12.7 Å². The SMILES string of the molecule is CN=C(NCc1cnc(C)s1)NCc1ccc(F)cc1CSC. The Morgan fingerprint density at radius 2 is 2.09 bits per heavy atom. The van der Waals surface area contributed by atoms with E-state index in [2.05, 4.69) is 20.6 Å². The van der Waals surface area contributed by atoms with Gasteiger partial charge in [-0.05, 0) is 36.4 Å². The van der Waals surface area contributed by atoms with Gasteiger partial charge in [0.25, 0.3) is 0 Å². The first-order valence-corrected chi connectivity index (χ1v) is 9.45. The Bertz CT molecular complexity index is 670. The molecule has 0 aliphatic heterocycles. The van der Waals surface area contributed by atoms with Gasteiger partial charge in [0.15, 0.2) is 5.96 Å². The lowest BCUT2D eigenvalue weighted by molar-refractivity contribution is 0.625. The van der Waals surface area contributed by atoms with Crippen molar-refractivity contribution in [2.24, 2.45) is 4.99 Å². The van der Waals surface area contributed by atoms with Crippen LogP contribution in [0.15, 0.2) is 29.4 Å². The predicted molar refractivity (Wildman–Crippen MR) is 97.5 cm³/mol. The van der Waals surface area contributed by atoms with Crippen LogP contribution in [0.2, 0.25) is 0 Å². The number of guanidine groups is 1. The van der Waals surface area contributed by atoms with Gasteiger partial charge < -0.3 is 10.6 Å². The predicted octanol–water partition coefficient (Wildman–Crippen LogP) is 3.32. The normalized spacial score (nSPS) is 11.6. The number of nitrogens with zero attached hydrogens (tertiary/aromatic N) is 2. The number of benzene rings is 1. The van der Waals surface area contributed by atoms with Gasteiger partial charge in [0.05, 0.1) is 11.6 Å². The molecule has 1 aromatic carbocycles. The van der Waals surface area contributed by atoms with Crippen LogP contribution in [0.3, 0.4) is 0 Å². The van der Waals surface area contributed by atoms with E-state index in [1.54, 1.807) is 36.2 Å². The smallest absolute Gasteiger partial charge is 0.191 e. The number of hydrogen-bond donors (Lipinski definition) is 2. The molecule has 0 aliphatic carbocycles. The molecule has 0 aliphatic rings. The van der Waals surface area contributed by atoms with Crippen molar-refractivity contribution < 1.29 is 4.39 Å². The molecule has 2 aromatic rings. The zero-order valence-corrected chi connectivity index (χ0v) is 15.2. The van der Waals surface area contributed by atoms with Gasteiger partial charge in [-0.25, -0.2) is 9.37 Å². The Balaban J connectivity index is 1.92. The van der Waals surface area contributed by atoms with Crippen molar-refractivity contribution in [3.63, 3.8) is 0 Å². The Morgan fingerprint density at radius 3 is 2.74 bits per heavy atom. The van der Waals surface area contributed by atoms with Crippen LogP contribution >= 0.6 is 23.1 Å². The summed E-state index contributed by atoms with van der Waals surface area (Å²) in [6, 6.07) is 4.93. The highest BCUT2D eigenvalue weighted by Gasteiger charge is 2.06. The van der Waals surface area contributed by atoms with E-state index >= 15 is 0 Å². The minimum Gasteiger partial charge on any atom is -0.352 e. The van der Waals surface area contributed by atoms with E-state index in [0.717, 1.165) is 32.7 Å². The Kier molecular flexibility index (Phi) is 6.85. The summed E-state index contributed by atoms with van der Waals surface area (Å²) in [5, 5.41) is 7.59. The van der Waals surface area contributed by atoms with E-state index in [0.29, 0.717) is 13.1 Å². The van der Waals surface area contributed by atoms with Gasteiger partial charge in [-0.15, -0.1) is 11.3 Å². The number of thioether (sulfide) groups is 1. The molecule has 0 bridgehead atoms. The highest BCUT2D eigenvalue weighted by atomic mass is 32.2. The third-order valence-electron chi connectivity index (χ3n) is 3.24. The van der Waals surface area contributed by atoms with E-state index in [-0.39, 0.29) is 5.82 Å². The summed E-state index contributed by atoms with van der Waals surface area (Å²) >= 11 is 3.35. The first-order valence-electron chi connectivity index (χ1n) is 7.24. The van der Waals surface area contributed by atoms with Crippen LogP contribution in [0.4, 0.5) is 4.39 Å². The van der Waals surface area contributed by atoms with Gasteiger partial charge in [0.2, 0.25) is 0 Å². The highest BCUT2D eigenvalue weighted by Crippen LogP contribution is 2.16. The molecular formula is C16H21FN4S2. The van der Waals surface area contributed by atoms with E-state index in [1.807, 2.05) is 25.4 Å². The maximum atomic E-state index is 13.4. The summed E-state index contributed by atoms with van der Waals surface area (Å²) in [5.41, 5.74) is 2.09. The molecule has 0 fully saturated rings. The molecule has 0 amide bonds. The molecule has 1 aromatic heterocycles. The maximum absolute atomic E-state index is 13.4. The van der Waals surface area contributed by atoms with Gasteiger partial charge in [0.1, 0.15) is 5.82 Å². The molecule has 0 unspecified atom stereocenters. The van der Waals surface area contributed by atoms with Crippen LogP contribution < -0.4 is 10.6 Å². The highest BCUT2D eigenvalue weighted by molar-refractivity contribution is 7.97. The standard InChI is InChI=1S/C16H21FN4S2/c1-11-19-8-15(23-11)9-21-16(18-2)20-7-12-4-5-14(17)6-13(12)10-22-3/h4-6,8H,7,9-10H2,1-3H3,(H2,18,20,21). The minimum atomic E-state index is -0.194. The second kappa shape index (κ2) is 8.88. The van der Waals surface area contributed by atoms with Crippen molar-refractivity contribution in [3.05, 3.63) is 51.2 Å². The summed E-state index contributed by atoms with van der Waals surface area (Å²) in [6.45, 7) is 3.28. The quantitative estimate of drug-likeness (QED) is 0.618. The van der Waals surface area contributed by atoms with E-state index in [4.69, 9.17) is 0 Å². The maximum Gasteiger partial charge on any atom is 0.191 e. The zero-order valence-electron chi connectivity index (χ0n) is 13.5. The molecular weight excluding hydrogens is 331 g/mol. The number of aromatic nitrogens is 1. The fraction of sp³-hybridized carbons (Fsp3) is 0.375. The third-order valence-corrected chi connectivity index (χ3v) is 4.75. The van der Waals surface area contributed by atoms with Gasteiger partial charge in [-0.2, -0.15) is 11.8 Å². The fourth-order valence-electron chi connectivity index (χ4n) is 2.11. The van der Waals surface area contributed by atoms with Crippen LogP contribution in [0.1, 0.15) is 21.0 Å². The Morgan fingerprint density at radius 1 is 1.30 bits per heavy atom. The van der Waals surface area contributed by atoms with Gasteiger partial charge in [0, 0.05) is 30.4 Å². The number of thiazole rings is 1. The second-order valence-corrected chi connectivity index (χ2v) is 7.16. The molecule has 124 valence electrons. The Labute approximate surface area is 144 Å². The van der Waals surface area contributed by atoms with Gasteiger partial charge in [-0.1, -0.05) is 6.07 Å². The van der Waals surface area contributed by atoms with Crippen LogP contribution in [-0.2, 0) is 18.8 Å². The molecule has 0 saturated carbocycles. The second-order valence-electron chi connectivity index (χ2n) is 4.97. The number of aliphatic imine (C=N–C) groups is 1. The molecule has 23 heavy (non-hydrogen) atoms. The molecule has 2 N–H and O–H groups in total. The van der Waals surface area contributed by atoms with Crippen molar-refractivity contribution in [1.82, 2.24) is 15.6 Å². The number of nitrogens with one attached hydrogen (secondary N) is 2. The topological polar surface area (TPSA) is 49.3 Å². The third kappa shape index (κ3) is 5.51. The number of aryl methyl sites for hydroxylation is 1. The molecule has 1 heterocycles.